The number of Topliss-reactive ketones (excluding diaryl/α,β-unsaturated/α-hetero) is 1. The normalized spacial score (nSPS) is 11.8. The van der Waals surface area contributed by atoms with Gasteiger partial charge >= 0.3 is 5.91 Å². The molecule has 3 heterocycles. The van der Waals surface area contributed by atoms with Crippen molar-refractivity contribution in [3.8, 4) is 0 Å². The number of ketones is 1. The third-order valence-electron chi connectivity index (χ3n) is 4.39. The van der Waals surface area contributed by atoms with Gasteiger partial charge in [0, 0.05) is 17.1 Å². The van der Waals surface area contributed by atoms with Crippen LogP contribution in [0.25, 0.3) is 21.9 Å². The molecule has 0 radical (unpaired) electrons. The molecule has 0 aliphatic carbocycles. The van der Waals surface area contributed by atoms with Gasteiger partial charge in [0.05, 0.1) is 17.3 Å². The first-order valence-electron chi connectivity index (χ1n) is 8.65. The Morgan fingerprint density at radius 3 is 2.64 bits per heavy atom. The molecule has 1 amide bonds. The Hall–Kier alpha value is -3.75. The Morgan fingerprint density at radius 2 is 1.89 bits per heavy atom. The van der Waals surface area contributed by atoms with Crippen LogP contribution < -0.4 is 11.0 Å². The summed E-state index contributed by atoms with van der Waals surface area (Å²) < 4.78 is 2.53. The molecule has 2 N–H and O–H groups in total. The van der Waals surface area contributed by atoms with Gasteiger partial charge in [0.25, 0.3) is 11.3 Å². The molecule has 3 aromatic heterocycles. The van der Waals surface area contributed by atoms with Gasteiger partial charge < -0.3 is 4.98 Å². The molecule has 9 nitrogen and oxygen atoms in total. The number of para-hydroxylation sites is 1. The van der Waals surface area contributed by atoms with Crippen LogP contribution in [0.4, 0.5) is 0 Å². The van der Waals surface area contributed by atoms with E-state index in [1.54, 1.807) is 22.9 Å². The highest BCUT2D eigenvalue weighted by Gasteiger charge is 2.23. The van der Waals surface area contributed by atoms with Crippen molar-refractivity contribution in [2.45, 2.75) is 26.3 Å². The molecular weight excluding hydrogens is 360 g/mol. The fourth-order valence-electron chi connectivity index (χ4n) is 3.02. The molecule has 0 saturated heterocycles. The summed E-state index contributed by atoms with van der Waals surface area (Å²) in [7, 11) is 0. The summed E-state index contributed by atoms with van der Waals surface area (Å²) in [6, 6.07) is 7.15. The number of carbonyl (C=O) groups excluding carboxylic acids is 2. The molecule has 0 aliphatic rings. The van der Waals surface area contributed by atoms with Gasteiger partial charge in [0.1, 0.15) is 11.7 Å². The maximum atomic E-state index is 12.7. The molecule has 0 fully saturated rings. The largest absolute Gasteiger partial charge is 0.360 e. The van der Waals surface area contributed by atoms with E-state index < -0.39 is 17.2 Å². The lowest BCUT2D eigenvalue weighted by molar-refractivity contribution is -0.113. The smallest absolute Gasteiger partial charge is 0.311 e. The van der Waals surface area contributed by atoms with Gasteiger partial charge in [-0.1, -0.05) is 18.2 Å². The minimum absolute atomic E-state index is 0.232. The molecule has 0 saturated carbocycles. The van der Waals surface area contributed by atoms with E-state index in [0.717, 1.165) is 10.2 Å². The first-order chi connectivity index (χ1) is 13.3. The van der Waals surface area contributed by atoms with E-state index in [1.165, 1.54) is 18.7 Å². The van der Waals surface area contributed by atoms with E-state index in [2.05, 4.69) is 20.5 Å². The Labute approximate surface area is 159 Å². The summed E-state index contributed by atoms with van der Waals surface area (Å²) in [5.41, 5.74) is 2.82. The molecule has 0 unspecified atom stereocenters. The quantitative estimate of drug-likeness (QED) is 0.417. The lowest BCUT2D eigenvalue weighted by atomic mass is 10.1. The molecule has 4 rings (SSSR count). The van der Waals surface area contributed by atoms with Crippen molar-refractivity contribution < 1.29 is 9.59 Å². The van der Waals surface area contributed by atoms with Gasteiger partial charge in [-0.2, -0.15) is 5.10 Å². The molecule has 9 heteroatoms. The number of aromatic amines is 1. The number of carbonyl (C=O) groups is 2. The van der Waals surface area contributed by atoms with Crippen molar-refractivity contribution >= 4 is 33.6 Å². The summed E-state index contributed by atoms with van der Waals surface area (Å²) in [5.74, 6) is -1.69. The topological polar surface area (TPSA) is 115 Å². The number of fused-ring (bicyclic) bond motifs is 2. The second kappa shape index (κ2) is 6.15. The van der Waals surface area contributed by atoms with Gasteiger partial charge in [0.15, 0.2) is 5.65 Å². The van der Waals surface area contributed by atoms with E-state index in [4.69, 9.17) is 0 Å². The minimum atomic E-state index is -0.934. The molecule has 0 spiro atoms. The number of rotatable bonds is 3. The zero-order chi connectivity index (χ0) is 20.1. The fourth-order valence-corrected chi connectivity index (χ4v) is 3.02. The number of nitrogens with one attached hydrogen (secondary N) is 2. The van der Waals surface area contributed by atoms with Crippen LogP contribution in [0.3, 0.4) is 0 Å². The van der Waals surface area contributed by atoms with Crippen LogP contribution in [0, 0.1) is 0 Å². The van der Waals surface area contributed by atoms with Crippen LogP contribution in [0.15, 0.2) is 47.8 Å². The van der Waals surface area contributed by atoms with E-state index in [1.807, 2.05) is 26.8 Å². The highest BCUT2D eigenvalue weighted by atomic mass is 16.2. The van der Waals surface area contributed by atoms with E-state index >= 15 is 0 Å². The first-order valence-corrected chi connectivity index (χ1v) is 8.65. The number of hydrogen-bond acceptors (Lipinski definition) is 5. The summed E-state index contributed by atoms with van der Waals surface area (Å²) in [6.45, 7) is 5.82. The van der Waals surface area contributed by atoms with Crippen LogP contribution in [-0.4, -0.2) is 36.1 Å². The van der Waals surface area contributed by atoms with Crippen molar-refractivity contribution in [1.82, 2.24) is 24.4 Å². The molecular formula is C19H18N6O3. The number of benzene rings is 1. The van der Waals surface area contributed by atoms with Crippen LogP contribution in [0.2, 0.25) is 0 Å². The number of amides is 1. The Balaban J connectivity index is 1.66. The fraction of sp³-hybridized carbons (Fsp3) is 0.211. The lowest BCUT2D eigenvalue weighted by Gasteiger charge is -2.19. The Kier molecular flexibility index (Phi) is 3.88. The van der Waals surface area contributed by atoms with Gasteiger partial charge in [-0.15, -0.1) is 0 Å². The number of H-pyrrole nitrogens is 1. The van der Waals surface area contributed by atoms with Gasteiger partial charge in [0.2, 0.25) is 0 Å². The third kappa shape index (κ3) is 2.77. The van der Waals surface area contributed by atoms with E-state index in [0.29, 0.717) is 11.0 Å². The molecule has 0 aliphatic heterocycles. The Bertz CT molecular complexity index is 1290. The maximum absolute atomic E-state index is 12.7. The summed E-state index contributed by atoms with van der Waals surface area (Å²) in [6.07, 6.45) is 4.05. The van der Waals surface area contributed by atoms with Crippen LogP contribution in [-0.2, 0) is 10.3 Å². The molecule has 142 valence electrons. The number of nitrogens with zero attached hydrogens (tertiary/aromatic N) is 4. The number of aromatic nitrogens is 5. The average Bonchev–Trinajstić information content (AvgIpc) is 3.27. The molecule has 0 atom stereocenters. The molecule has 28 heavy (non-hydrogen) atoms. The van der Waals surface area contributed by atoms with Crippen LogP contribution in [0.5, 0.6) is 0 Å². The Morgan fingerprint density at radius 1 is 1.14 bits per heavy atom. The average molecular weight is 378 g/mol. The van der Waals surface area contributed by atoms with E-state index in [9.17, 15) is 14.4 Å². The predicted molar refractivity (Wildman–Crippen MR) is 104 cm³/mol. The van der Waals surface area contributed by atoms with Gasteiger partial charge in [-0.3, -0.25) is 19.8 Å². The number of hydrogen-bond donors (Lipinski definition) is 2. The lowest BCUT2D eigenvalue weighted by Crippen LogP contribution is -2.37. The third-order valence-corrected chi connectivity index (χ3v) is 4.39. The zero-order valence-electron chi connectivity index (χ0n) is 15.6. The highest BCUT2D eigenvalue weighted by Crippen LogP contribution is 2.19. The highest BCUT2D eigenvalue weighted by molar-refractivity contribution is 6.47. The minimum Gasteiger partial charge on any atom is -0.360 e. The summed E-state index contributed by atoms with van der Waals surface area (Å²) in [5, 5.41) is 5.10. The van der Waals surface area contributed by atoms with Crippen molar-refractivity contribution in [3.05, 3.63) is 58.9 Å². The van der Waals surface area contributed by atoms with Gasteiger partial charge in [-0.25, -0.2) is 14.3 Å². The standard InChI is InChI=1S/C19H18N6O3/c1-19(2,3)25-16-13(9-22-25)18(28)24(10-21-16)23-17(27)15(26)12-8-20-14-7-5-4-6-11(12)14/h4-10,20H,1-3H3,(H,23,27). The monoisotopic (exact) mass is 378 g/mol. The van der Waals surface area contributed by atoms with E-state index in [-0.39, 0.29) is 16.5 Å². The van der Waals surface area contributed by atoms with Crippen LogP contribution >= 0.6 is 0 Å². The SMILES string of the molecule is CC(C)(C)n1ncc2c(=O)n(NC(=O)C(=O)c3c[nH]c4ccccc34)cnc21. The predicted octanol–water partition coefficient (Wildman–Crippen LogP) is 1.78. The van der Waals surface area contributed by atoms with Crippen molar-refractivity contribution in [1.29, 1.82) is 0 Å². The molecule has 1 aromatic carbocycles. The second-order valence-electron chi connectivity index (χ2n) is 7.40. The van der Waals surface area contributed by atoms with Crippen molar-refractivity contribution in [2.75, 3.05) is 5.43 Å². The zero-order valence-corrected chi connectivity index (χ0v) is 15.6. The van der Waals surface area contributed by atoms with Crippen LogP contribution in [0.1, 0.15) is 31.1 Å². The summed E-state index contributed by atoms with van der Waals surface area (Å²) >= 11 is 0. The summed E-state index contributed by atoms with van der Waals surface area (Å²) in [4.78, 5) is 44.8. The van der Waals surface area contributed by atoms with Crippen molar-refractivity contribution in [3.63, 3.8) is 0 Å². The molecule has 4 aromatic rings. The van der Waals surface area contributed by atoms with Gasteiger partial charge in [-0.05, 0) is 26.8 Å². The second-order valence-corrected chi connectivity index (χ2v) is 7.40. The maximum Gasteiger partial charge on any atom is 0.311 e. The first kappa shape index (κ1) is 17.7. The van der Waals surface area contributed by atoms with Crippen molar-refractivity contribution in [2.24, 2.45) is 0 Å². The molecule has 0 bridgehead atoms.